The van der Waals surface area contributed by atoms with E-state index in [-0.39, 0.29) is 5.97 Å². The van der Waals surface area contributed by atoms with Crippen molar-refractivity contribution in [2.45, 2.75) is 18.6 Å². The average molecular weight is 244 g/mol. The summed E-state index contributed by atoms with van der Waals surface area (Å²) in [5.74, 6) is 0.299. The van der Waals surface area contributed by atoms with Crippen LogP contribution in [0, 0.1) is 0 Å². The number of hydrogen-bond donors (Lipinski definition) is 1. The van der Waals surface area contributed by atoms with E-state index in [9.17, 15) is 4.79 Å². The third-order valence-corrected chi connectivity index (χ3v) is 3.22. The normalized spacial score (nSPS) is 11.1. The standard InChI is InChI=1S/C9H12N2O2S2/c1-9(2,8(12)13-3)15-7(14)6-10-4-5-11-6/h4-5H,1-3H3,(H,10,11). The van der Waals surface area contributed by atoms with Crippen LogP contribution in [0.25, 0.3) is 0 Å². The Bertz CT molecular complexity index is 360. The highest BCUT2D eigenvalue weighted by molar-refractivity contribution is 8.24. The molecule has 0 unspecified atom stereocenters. The lowest BCUT2D eigenvalue weighted by molar-refractivity contribution is -0.142. The van der Waals surface area contributed by atoms with Crippen LogP contribution in [0.2, 0.25) is 0 Å². The van der Waals surface area contributed by atoms with Gasteiger partial charge >= 0.3 is 5.97 Å². The second-order valence-electron chi connectivity index (χ2n) is 3.33. The quantitative estimate of drug-likeness (QED) is 0.648. The number of carbonyl (C=O) groups excluding carboxylic acids is 1. The number of thiocarbonyl (C=S) groups is 1. The Labute approximate surface area is 97.8 Å². The van der Waals surface area contributed by atoms with Crippen molar-refractivity contribution in [1.29, 1.82) is 0 Å². The molecule has 0 aliphatic carbocycles. The monoisotopic (exact) mass is 244 g/mol. The fraction of sp³-hybridized carbons (Fsp3) is 0.444. The zero-order valence-electron chi connectivity index (χ0n) is 8.73. The number of carbonyl (C=O) groups is 1. The molecule has 15 heavy (non-hydrogen) atoms. The SMILES string of the molecule is COC(=O)C(C)(C)SC(=S)c1ncc[nH]1. The van der Waals surface area contributed by atoms with E-state index in [1.54, 1.807) is 26.2 Å². The van der Waals surface area contributed by atoms with Crippen LogP contribution in [0.5, 0.6) is 0 Å². The molecule has 0 atom stereocenters. The molecule has 1 aromatic heterocycles. The predicted octanol–water partition coefficient (Wildman–Crippen LogP) is 1.77. The number of thioether (sulfide) groups is 1. The summed E-state index contributed by atoms with van der Waals surface area (Å²) in [5.41, 5.74) is 0. The molecule has 82 valence electrons. The van der Waals surface area contributed by atoms with E-state index < -0.39 is 4.75 Å². The first kappa shape index (κ1) is 12.2. The molecule has 0 aliphatic heterocycles. The maximum Gasteiger partial charge on any atom is 0.321 e. The summed E-state index contributed by atoms with van der Waals surface area (Å²) in [6.45, 7) is 3.53. The maximum atomic E-state index is 11.4. The minimum atomic E-state index is -0.696. The van der Waals surface area contributed by atoms with Crippen molar-refractivity contribution in [2.24, 2.45) is 0 Å². The van der Waals surface area contributed by atoms with Gasteiger partial charge in [0.05, 0.1) is 7.11 Å². The molecule has 1 heterocycles. The highest BCUT2D eigenvalue weighted by atomic mass is 32.2. The Balaban J connectivity index is 2.70. The number of aromatic amines is 1. The number of aromatic nitrogens is 2. The lowest BCUT2D eigenvalue weighted by Gasteiger charge is -2.20. The van der Waals surface area contributed by atoms with Gasteiger partial charge in [0.25, 0.3) is 0 Å². The molecule has 0 fully saturated rings. The first-order valence-corrected chi connectivity index (χ1v) is 5.51. The Hall–Kier alpha value is -0.880. The molecule has 0 bridgehead atoms. The van der Waals surface area contributed by atoms with Gasteiger partial charge < -0.3 is 9.72 Å². The number of methoxy groups -OCH3 is 1. The van der Waals surface area contributed by atoms with Gasteiger partial charge in [0.2, 0.25) is 0 Å². The Kier molecular flexibility index (Phi) is 3.87. The Morgan fingerprint density at radius 3 is 2.80 bits per heavy atom. The third-order valence-electron chi connectivity index (χ3n) is 1.72. The molecule has 6 heteroatoms. The van der Waals surface area contributed by atoms with Crippen LogP contribution >= 0.6 is 24.0 Å². The van der Waals surface area contributed by atoms with Crippen molar-refractivity contribution in [3.8, 4) is 0 Å². The van der Waals surface area contributed by atoms with Crippen molar-refractivity contribution < 1.29 is 9.53 Å². The van der Waals surface area contributed by atoms with Gasteiger partial charge in [-0.15, -0.1) is 0 Å². The molecule has 0 aromatic carbocycles. The first-order valence-electron chi connectivity index (χ1n) is 4.28. The van der Waals surface area contributed by atoms with E-state index in [0.29, 0.717) is 10.0 Å². The summed E-state index contributed by atoms with van der Waals surface area (Å²) in [6, 6.07) is 0. The number of imidazole rings is 1. The largest absolute Gasteiger partial charge is 0.468 e. The minimum absolute atomic E-state index is 0.304. The average Bonchev–Trinajstić information content (AvgIpc) is 2.68. The van der Waals surface area contributed by atoms with Crippen LogP contribution < -0.4 is 0 Å². The van der Waals surface area contributed by atoms with Crippen molar-refractivity contribution in [2.75, 3.05) is 7.11 Å². The smallest absolute Gasteiger partial charge is 0.321 e. The topological polar surface area (TPSA) is 55.0 Å². The van der Waals surface area contributed by atoms with Gasteiger partial charge in [-0.2, -0.15) is 0 Å². The van der Waals surface area contributed by atoms with Gasteiger partial charge in [-0.1, -0.05) is 24.0 Å². The summed E-state index contributed by atoms with van der Waals surface area (Å²) in [5, 5.41) is 0. The highest BCUT2D eigenvalue weighted by Gasteiger charge is 2.31. The van der Waals surface area contributed by atoms with Gasteiger partial charge in [-0.05, 0) is 13.8 Å². The highest BCUT2D eigenvalue weighted by Crippen LogP contribution is 2.28. The maximum absolute atomic E-state index is 11.4. The number of H-pyrrole nitrogens is 1. The summed E-state index contributed by atoms with van der Waals surface area (Å²) in [6.07, 6.45) is 3.31. The van der Waals surface area contributed by atoms with Gasteiger partial charge in [-0.3, -0.25) is 4.79 Å². The molecule has 0 spiro atoms. The fourth-order valence-corrected chi connectivity index (χ4v) is 2.52. The van der Waals surface area contributed by atoms with Crippen LogP contribution in [0.3, 0.4) is 0 Å². The van der Waals surface area contributed by atoms with E-state index >= 15 is 0 Å². The molecule has 0 amide bonds. The van der Waals surface area contributed by atoms with Gasteiger partial charge in [0.15, 0.2) is 5.82 Å². The molecule has 4 nitrogen and oxygen atoms in total. The number of esters is 1. The first-order chi connectivity index (χ1) is 6.97. The van der Waals surface area contributed by atoms with E-state index in [2.05, 4.69) is 14.7 Å². The predicted molar refractivity (Wildman–Crippen MR) is 64.0 cm³/mol. The number of hydrogen-bond acceptors (Lipinski definition) is 5. The van der Waals surface area contributed by atoms with Crippen molar-refractivity contribution >= 4 is 34.1 Å². The number of rotatable bonds is 3. The van der Waals surface area contributed by atoms with Crippen LogP contribution in [0.4, 0.5) is 0 Å². The van der Waals surface area contributed by atoms with Crippen LogP contribution in [-0.2, 0) is 9.53 Å². The zero-order valence-corrected chi connectivity index (χ0v) is 10.4. The summed E-state index contributed by atoms with van der Waals surface area (Å²) >= 11 is 6.41. The molecule has 0 saturated carbocycles. The van der Waals surface area contributed by atoms with Crippen LogP contribution in [0.15, 0.2) is 12.4 Å². The van der Waals surface area contributed by atoms with E-state index in [0.717, 1.165) is 0 Å². The van der Waals surface area contributed by atoms with Crippen LogP contribution in [0.1, 0.15) is 19.7 Å². The third kappa shape index (κ3) is 3.04. The molecular weight excluding hydrogens is 232 g/mol. The zero-order chi connectivity index (χ0) is 11.5. The molecule has 0 saturated heterocycles. The molecular formula is C9H12N2O2S2. The van der Waals surface area contributed by atoms with Crippen molar-refractivity contribution in [3.05, 3.63) is 18.2 Å². The lowest BCUT2D eigenvalue weighted by atomic mass is 10.2. The van der Waals surface area contributed by atoms with Crippen LogP contribution in [-0.4, -0.2) is 32.0 Å². The summed E-state index contributed by atoms with van der Waals surface area (Å²) in [7, 11) is 1.36. The van der Waals surface area contributed by atoms with E-state index in [1.807, 2.05) is 0 Å². The fourth-order valence-electron chi connectivity index (χ4n) is 0.944. The van der Waals surface area contributed by atoms with Crippen molar-refractivity contribution in [3.63, 3.8) is 0 Å². The number of ether oxygens (including phenoxy) is 1. The van der Waals surface area contributed by atoms with E-state index in [1.165, 1.54) is 18.9 Å². The second kappa shape index (κ2) is 4.76. The number of nitrogens with zero attached hydrogens (tertiary/aromatic N) is 1. The van der Waals surface area contributed by atoms with Gasteiger partial charge in [-0.25, -0.2) is 4.98 Å². The summed E-state index contributed by atoms with van der Waals surface area (Å²) in [4.78, 5) is 18.3. The molecule has 1 N–H and O–H groups in total. The molecule has 1 rings (SSSR count). The lowest BCUT2D eigenvalue weighted by Crippen LogP contribution is -2.30. The molecule has 0 aliphatic rings. The summed E-state index contributed by atoms with van der Waals surface area (Å²) < 4.78 is 4.54. The van der Waals surface area contributed by atoms with Gasteiger partial charge in [0, 0.05) is 12.4 Å². The Morgan fingerprint density at radius 1 is 1.67 bits per heavy atom. The van der Waals surface area contributed by atoms with Crippen molar-refractivity contribution in [1.82, 2.24) is 9.97 Å². The van der Waals surface area contributed by atoms with Gasteiger partial charge in [0.1, 0.15) is 8.94 Å². The Morgan fingerprint density at radius 2 is 2.33 bits per heavy atom. The minimum Gasteiger partial charge on any atom is -0.468 e. The second-order valence-corrected chi connectivity index (χ2v) is 5.63. The van der Waals surface area contributed by atoms with E-state index in [4.69, 9.17) is 12.2 Å². The number of nitrogens with one attached hydrogen (secondary N) is 1. The molecule has 0 radical (unpaired) electrons. The molecule has 1 aromatic rings.